The number of fused-ring (bicyclic) bond motifs is 2. The third-order valence-electron chi connectivity index (χ3n) is 8.78. The highest BCUT2D eigenvalue weighted by Gasteiger charge is 2.27. The lowest BCUT2D eigenvalue weighted by molar-refractivity contribution is 0.0921. The topological polar surface area (TPSA) is 61.4 Å². The van der Waals surface area contributed by atoms with Crippen LogP contribution in [0.1, 0.15) is 72.8 Å². The number of piperidine rings is 1. The summed E-state index contributed by atoms with van der Waals surface area (Å²) in [6, 6.07) is 9.95. The molecule has 2 aromatic heterocycles. The first-order valence-corrected chi connectivity index (χ1v) is 15.0. The molecular formula is C30H39N5OS. The van der Waals surface area contributed by atoms with Crippen LogP contribution in [0.4, 0.5) is 5.13 Å². The number of benzene rings is 1. The number of hydrogen-bond acceptors (Lipinski definition) is 6. The lowest BCUT2D eigenvalue weighted by Gasteiger charge is -2.32. The molecule has 4 heterocycles. The molecule has 0 spiro atoms. The van der Waals surface area contributed by atoms with Crippen LogP contribution in [0.2, 0.25) is 0 Å². The van der Waals surface area contributed by atoms with E-state index in [9.17, 15) is 4.79 Å². The van der Waals surface area contributed by atoms with Gasteiger partial charge < -0.3 is 10.2 Å². The molecule has 196 valence electrons. The lowest BCUT2D eigenvalue weighted by Crippen LogP contribution is -2.38. The van der Waals surface area contributed by atoms with Gasteiger partial charge in [0.2, 0.25) is 0 Å². The predicted molar refractivity (Wildman–Crippen MR) is 151 cm³/mol. The van der Waals surface area contributed by atoms with Gasteiger partial charge in [-0.25, -0.2) is 4.98 Å². The molecule has 3 aromatic rings. The maximum atomic E-state index is 13.0. The van der Waals surface area contributed by atoms with Crippen molar-refractivity contribution in [3.05, 3.63) is 52.7 Å². The Balaban J connectivity index is 0.958. The molecule has 0 unspecified atom stereocenters. The zero-order valence-electron chi connectivity index (χ0n) is 22.0. The third kappa shape index (κ3) is 5.68. The maximum absolute atomic E-state index is 13.0. The monoisotopic (exact) mass is 517 g/mol. The van der Waals surface area contributed by atoms with Crippen molar-refractivity contribution in [3.8, 4) is 0 Å². The number of pyridine rings is 1. The van der Waals surface area contributed by atoms with E-state index in [1.165, 1.54) is 60.9 Å². The molecule has 1 N–H and O–H groups in total. The van der Waals surface area contributed by atoms with E-state index in [1.54, 1.807) is 6.20 Å². The molecule has 6 nitrogen and oxygen atoms in total. The summed E-state index contributed by atoms with van der Waals surface area (Å²) in [5.41, 5.74) is 2.94. The molecule has 1 saturated heterocycles. The van der Waals surface area contributed by atoms with Gasteiger partial charge in [0.25, 0.3) is 5.91 Å². The van der Waals surface area contributed by atoms with Crippen molar-refractivity contribution in [2.75, 3.05) is 31.1 Å². The third-order valence-corrected chi connectivity index (χ3v) is 9.99. The van der Waals surface area contributed by atoms with Gasteiger partial charge in [0, 0.05) is 54.2 Å². The fraction of sp³-hybridized carbons (Fsp3) is 0.567. The number of anilines is 1. The number of carbonyl (C=O) groups is 1. The number of nitrogens with zero attached hydrogens (tertiary/aromatic N) is 4. The van der Waals surface area contributed by atoms with E-state index in [1.807, 2.05) is 41.7 Å². The van der Waals surface area contributed by atoms with E-state index in [2.05, 4.69) is 27.0 Å². The molecule has 37 heavy (non-hydrogen) atoms. The first kappa shape index (κ1) is 24.8. The zero-order valence-corrected chi connectivity index (χ0v) is 22.8. The van der Waals surface area contributed by atoms with Gasteiger partial charge >= 0.3 is 0 Å². The van der Waals surface area contributed by atoms with E-state index in [0.717, 1.165) is 67.2 Å². The Morgan fingerprint density at radius 2 is 1.89 bits per heavy atom. The summed E-state index contributed by atoms with van der Waals surface area (Å²) in [4.78, 5) is 29.1. The minimum atomic E-state index is 0.0351. The van der Waals surface area contributed by atoms with E-state index in [0.29, 0.717) is 0 Å². The van der Waals surface area contributed by atoms with Crippen LogP contribution in [-0.4, -0.2) is 53.0 Å². The molecule has 1 aromatic carbocycles. The number of rotatable bonds is 6. The molecule has 2 fully saturated rings. The van der Waals surface area contributed by atoms with Crippen molar-refractivity contribution in [2.45, 2.75) is 70.9 Å². The second-order valence-corrected chi connectivity index (χ2v) is 12.5. The molecule has 1 saturated carbocycles. The summed E-state index contributed by atoms with van der Waals surface area (Å²) in [5, 5.41) is 5.50. The summed E-state index contributed by atoms with van der Waals surface area (Å²) in [6.45, 7) is 8.05. The van der Waals surface area contributed by atoms with Crippen LogP contribution < -0.4 is 10.2 Å². The van der Waals surface area contributed by atoms with Gasteiger partial charge in [0.1, 0.15) is 0 Å². The molecular weight excluding hydrogens is 478 g/mol. The van der Waals surface area contributed by atoms with Crippen LogP contribution in [0.3, 0.4) is 0 Å². The van der Waals surface area contributed by atoms with Crippen molar-refractivity contribution in [2.24, 2.45) is 11.8 Å². The van der Waals surface area contributed by atoms with Crippen LogP contribution >= 0.6 is 11.3 Å². The van der Waals surface area contributed by atoms with Crippen molar-refractivity contribution in [1.82, 2.24) is 20.2 Å². The lowest BCUT2D eigenvalue weighted by atomic mass is 9.84. The summed E-state index contributed by atoms with van der Waals surface area (Å²) in [6.07, 6.45) is 11.3. The van der Waals surface area contributed by atoms with Gasteiger partial charge in [0.15, 0.2) is 5.13 Å². The summed E-state index contributed by atoms with van der Waals surface area (Å²) in [7, 11) is 0. The van der Waals surface area contributed by atoms with E-state index < -0.39 is 0 Å². The van der Waals surface area contributed by atoms with E-state index in [4.69, 9.17) is 4.98 Å². The van der Waals surface area contributed by atoms with Crippen LogP contribution in [-0.2, 0) is 13.0 Å². The number of thiazole rings is 1. The molecule has 7 heteroatoms. The largest absolute Gasteiger partial charge is 0.349 e. The van der Waals surface area contributed by atoms with Crippen LogP contribution in [0.15, 0.2) is 36.5 Å². The summed E-state index contributed by atoms with van der Waals surface area (Å²) in [5.74, 6) is 1.65. The number of hydrogen-bond donors (Lipinski definition) is 1. The normalized spacial score (nSPS) is 23.2. The number of aromatic nitrogens is 2. The highest BCUT2D eigenvalue weighted by Crippen LogP contribution is 2.34. The Labute approximate surface area is 224 Å². The summed E-state index contributed by atoms with van der Waals surface area (Å²) < 4.78 is 0. The van der Waals surface area contributed by atoms with Crippen molar-refractivity contribution >= 4 is 33.3 Å². The quantitative estimate of drug-likeness (QED) is 0.457. The van der Waals surface area contributed by atoms with Gasteiger partial charge in [-0.1, -0.05) is 19.1 Å². The number of amides is 1. The smallest absolute Gasteiger partial charge is 0.252 e. The molecule has 0 atom stereocenters. The van der Waals surface area contributed by atoms with Crippen LogP contribution in [0.25, 0.3) is 10.9 Å². The first-order valence-electron chi connectivity index (χ1n) is 14.2. The number of carbonyl (C=O) groups excluding carboxylic acids is 1. The molecule has 1 aliphatic carbocycles. The Bertz CT molecular complexity index is 1220. The fourth-order valence-corrected chi connectivity index (χ4v) is 7.40. The average molecular weight is 518 g/mol. The Kier molecular flexibility index (Phi) is 7.43. The Morgan fingerprint density at radius 1 is 1.05 bits per heavy atom. The minimum Gasteiger partial charge on any atom is -0.349 e. The number of nitrogens with one attached hydrogen (secondary N) is 1. The predicted octanol–water partition coefficient (Wildman–Crippen LogP) is 5.66. The second-order valence-electron chi connectivity index (χ2n) is 11.4. The molecule has 1 amide bonds. The van der Waals surface area contributed by atoms with Crippen LogP contribution in [0, 0.1) is 11.8 Å². The van der Waals surface area contributed by atoms with Gasteiger partial charge in [-0.2, -0.15) is 0 Å². The molecule has 0 radical (unpaired) electrons. The zero-order chi connectivity index (χ0) is 25.2. The van der Waals surface area contributed by atoms with E-state index in [-0.39, 0.29) is 11.9 Å². The van der Waals surface area contributed by atoms with Crippen LogP contribution in [0.5, 0.6) is 0 Å². The standard InChI is InChI=1S/C30H39N5OS/c1-21-11-18-35(19-12-21)30-33-27-20-34(17-14-28(27)37-30)16-13-22-7-9-23(10-8-22)32-29(36)25-4-2-6-26-24(25)5-3-15-31-26/h2-6,15,21-23H,7-14,16-20H2,1H3,(H,32,36). The SMILES string of the molecule is CC1CCN(c2nc3c(s2)CCN(CCC2CCC(NC(=O)c4cccc5ncccc45)CC2)C3)CC1. The van der Waals surface area contributed by atoms with Crippen molar-refractivity contribution in [1.29, 1.82) is 0 Å². The van der Waals surface area contributed by atoms with E-state index >= 15 is 0 Å². The molecule has 2 aliphatic heterocycles. The highest BCUT2D eigenvalue weighted by atomic mass is 32.1. The van der Waals surface area contributed by atoms with Gasteiger partial charge in [-0.15, -0.1) is 11.3 Å². The molecule has 3 aliphatic rings. The maximum Gasteiger partial charge on any atom is 0.252 e. The highest BCUT2D eigenvalue weighted by molar-refractivity contribution is 7.15. The Hall–Kier alpha value is -2.51. The van der Waals surface area contributed by atoms with Crippen molar-refractivity contribution in [3.63, 3.8) is 0 Å². The average Bonchev–Trinajstić information content (AvgIpc) is 3.36. The van der Waals surface area contributed by atoms with Crippen molar-refractivity contribution < 1.29 is 4.79 Å². The minimum absolute atomic E-state index is 0.0351. The molecule has 6 rings (SSSR count). The van der Waals surface area contributed by atoms with Gasteiger partial charge in [0.05, 0.1) is 11.2 Å². The molecule has 0 bridgehead atoms. The Morgan fingerprint density at radius 3 is 2.73 bits per heavy atom. The second kappa shape index (κ2) is 11.1. The van der Waals surface area contributed by atoms with Gasteiger partial charge in [-0.3, -0.25) is 14.7 Å². The first-order chi connectivity index (χ1) is 18.1. The van der Waals surface area contributed by atoms with Gasteiger partial charge in [-0.05, 0) is 87.9 Å². The fourth-order valence-electron chi connectivity index (χ4n) is 6.29. The summed E-state index contributed by atoms with van der Waals surface area (Å²) >= 11 is 1.95.